The molecule has 59 heavy (non-hydrogen) atoms. The Labute approximate surface area is 361 Å². The lowest BCUT2D eigenvalue weighted by atomic mass is 9.82. The van der Waals surface area contributed by atoms with E-state index in [1.54, 1.807) is 12.1 Å². The van der Waals surface area contributed by atoms with E-state index in [9.17, 15) is 9.60 Å². The van der Waals surface area contributed by atoms with Crippen LogP contribution in [0.25, 0.3) is 87.6 Å². The van der Waals surface area contributed by atoms with Crippen LogP contribution < -0.4 is 4.90 Å². The van der Waals surface area contributed by atoms with E-state index in [2.05, 4.69) is 97.6 Å². The van der Waals surface area contributed by atoms with Crippen molar-refractivity contribution < 1.29 is 22.2 Å². The second-order valence-electron chi connectivity index (χ2n) is 15.5. The molecule has 0 unspecified atom stereocenters. The molecule has 0 atom stereocenters. The van der Waals surface area contributed by atoms with Gasteiger partial charge in [-0.25, -0.2) is 0 Å². The summed E-state index contributed by atoms with van der Waals surface area (Å²) in [5.41, 5.74) is 8.89. The average molecular weight is 767 g/mol. The molecule has 12 rings (SSSR count). The molecule has 0 saturated carbocycles. The summed E-state index contributed by atoms with van der Waals surface area (Å²) in [4.78, 5) is 2.14. The van der Waals surface area contributed by atoms with Crippen molar-refractivity contribution in [3.8, 4) is 33.4 Å². The molecule has 2 heteroatoms. The van der Waals surface area contributed by atoms with E-state index in [0.717, 1.165) is 33.8 Å². The second-order valence-corrected chi connectivity index (χ2v) is 15.5. The van der Waals surface area contributed by atoms with Crippen molar-refractivity contribution in [2.75, 3.05) is 4.90 Å². The van der Waals surface area contributed by atoms with Crippen LogP contribution in [0.1, 0.15) is 42.8 Å². The summed E-state index contributed by atoms with van der Waals surface area (Å²) in [6.07, 6.45) is 0. The Kier molecular flexibility index (Phi) is 5.01. The van der Waals surface area contributed by atoms with Gasteiger partial charge in [0, 0.05) is 38.6 Å². The highest BCUT2D eigenvalue weighted by Gasteiger charge is 2.35. The average Bonchev–Trinajstić information content (AvgIpc) is 3.90. The minimum atomic E-state index is -0.631. The number of fused-ring (bicyclic) bond motifs is 13. The predicted molar refractivity (Wildman–Crippen MR) is 249 cm³/mol. The van der Waals surface area contributed by atoms with Crippen molar-refractivity contribution in [2.45, 2.75) is 19.3 Å². The zero-order valence-corrected chi connectivity index (χ0v) is 31.9. The summed E-state index contributed by atoms with van der Waals surface area (Å²) in [6, 6.07) is 33.5. The van der Waals surface area contributed by atoms with E-state index in [4.69, 9.17) is 12.6 Å². The van der Waals surface area contributed by atoms with E-state index in [0.29, 0.717) is 5.56 Å². The van der Waals surface area contributed by atoms with Gasteiger partial charge in [0.2, 0.25) is 0 Å². The molecule has 0 bridgehead atoms. The first-order chi connectivity index (χ1) is 34.4. The third kappa shape index (κ3) is 5.06. The van der Waals surface area contributed by atoms with Crippen LogP contribution in [-0.2, 0) is 5.41 Å². The largest absolute Gasteiger partial charge is 0.456 e. The number of para-hydroxylation sites is 1. The number of anilines is 3. The van der Waals surface area contributed by atoms with Crippen LogP contribution in [0, 0.1) is 0 Å². The van der Waals surface area contributed by atoms with Gasteiger partial charge in [0.1, 0.15) is 11.2 Å². The number of furan rings is 1. The lowest BCUT2D eigenvalue weighted by molar-refractivity contribution is 0.660. The summed E-state index contributed by atoms with van der Waals surface area (Å²) < 4.78 is 124. The first-order valence-electron chi connectivity index (χ1n) is 25.9. The van der Waals surface area contributed by atoms with Crippen molar-refractivity contribution in [2.24, 2.45) is 0 Å². The quantitative estimate of drug-likeness (QED) is 0.162. The van der Waals surface area contributed by atoms with Gasteiger partial charge in [-0.2, -0.15) is 0 Å². The van der Waals surface area contributed by atoms with Crippen LogP contribution >= 0.6 is 0 Å². The number of benzene rings is 10. The van der Waals surface area contributed by atoms with E-state index in [-0.39, 0.29) is 65.2 Å². The number of rotatable bonds is 5. The SMILES string of the molecule is [2H]c1c([2H])c([2H])c2c(oc3c([2H])c([2H])c4c5c([2H])c([2H])c([2H])c(-c6ccc(N(c7ccc(-c8ccccc8)cc7)c7ccc8c(c7)C(C)(C)c7ccccc7-8)cc6)c5c5c([2H])c([2H])c([2H])c([2H])c5c4c32)c1[2H]. The molecule has 0 radical (unpaired) electrons. The molecule has 0 amide bonds. The topological polar surface area (TPSA) is 16.4 Å². The van der Waals surface area contributed by atoms with Crippen LogP contribution in [0.4, 0.5) is 17.1 Å². The van der Waals surface area contributed by atoms with Crippen molar-refractivity contribution in [1.29, 1.82) is 0 Å². The van der Waals surface area contributed by atoms with Crippen LogP contribution in [0.15, 0.2) is 204 Å². The van der Waals surface area contributed by atoms with Crippen molar-refractivity contribution in [3.05, 3.63) is 211 Å². The summed E-state index contributed by atoms with van der Waals surface area (Å²) in [5, 5.41) is -0.905. The van der Waals surface area contributed by atoms with E-state index in [1.807, 2.05) is 30.3 Å². The number of nitrogens with zero attached hydrogens (tertiary/aromatic N) is 1. The highest BCUT2D eigenvalue weighted by molar-refractivity contribution is 6.36. The summed E-state index contributed by atoms with van der Waals surface area (Å²) in [5.74, 6) is 0. The lowest BCUT2D eigenvalue weighted by Crippen LogP contribution is -2.16. The van der Waals surface area contributed by atoms with Crippen molar-refractivity contribution in [1.82, 2.24) is 0 Å². The molecule has 1 heterocycles. The maximum atomic E-state index is 9.53. The molecule has 0 N–H and O–H groups in total. The fourth-order valence-electron chi connectivity index (χ4n) is 9.13. The van der Waals surface area contributed by atoms with Crippen molar-refractivity contribution in [3.63, 3.8) is 0 Å². The van der Waals surface area contributed by atoms with Gasteiger partial charge in [0.05, 0.1) is 17.8 Å². The smallest absolute Gasteiger partial charge is 0.136 e. The van der Waals surface area contributed by atoms with Gasteiger partial charge in [-0.05, 0) is 126 Å². The Balaban J connectivity index is 1.14. The van der Waals surface area contributed by atoms with Crippen LogP contribution in [-0.4, -0.2) is 0 Å². The monoisotopic (exact) mass is 766 g/mol. The maximum Gasteiger partial charge on any atom is 0.136 e. The van der Waals surface area contributed by atoms with Gasteiger partial charge in [-0.1, -0.05) is 159 Å². The van der Waals surface area contributed by atoms with Gasteiger partial charge in [0.25, 0.3) is 0 Å². The highest BCUT2D eigenvalue weighted by Crippen LogP contribution is 2.51. The third-order valence-corrected chi connectivity index (χ3v) is 11.9. The molecule has 2 nitrogen and oxygen atoms in total. The standard InChI is InChI=1S/C57H39NO/c1-57(2)50-21-10-8-15-43(50)44-32-31-41(35-51(44)57)58(39-27-23-37(24-28-39)36-13-4-3-5-14-36)40-29-25-38(26-30-40)42-19-12-20-46-48-33-34-53-56(49-18-9-11-22-52(49)59-53)55(48)47-17-7-6-16-45(47)54(42)46/h3-35H,1-2H3/i6D,7D,9D,11D,12D,16D,17D,18D,19D,20D,22D,33D,34D. The summed E-state index contributed by atoms with van der Waals surface area (Å²) in [6.45, 7) is 4.45. The molecule has 0 fully saturated rings. The maximum absolute atomic E-state index is 9.53. The minimum absolute atomic E-state index is 0.000945. The van der Waals surface area contributed by atoms with Crippen LogP contribution in [0.5, 0.6) is 0 Å². The second kappa shape index (κ2) is 12.8. The number of hydrogen-bond donors (Lipinski definition) is 0. The summed E-state index contributed by atoms with van der Waals surface area (Å²) in [7, 11) is 0. The van der Waals surface area contributed by atoms with Crippen LogP contribution in [0.2, 0.25) is 0 Å². The first kappa shape index (κ1) is 23.1. The normalized spacial score (nSPS) is 16.1. The zero-order chi connectivity index (χ0) is 50.6. The zero-order valence-electron chi connectivity index (χ0n) is 44.9. The molecule has 0 saturated heterocycles. The molecule has 278 valence electrons. The summed E-state index contributed by atoms with van der Waals surface area (Å²) >= 11 is 0. The molecule has 0 aliphatic heterocycles. The fraction of sp³-hybridized carbons (Fsp3) is 0.0526. The van der Waals surface area contributed by atoms with Crippen LogP contribution in [0.3, 0.4) is 0 Å². The van der Waals surface area contributed by atoms with Gasteiger partial charge in [0.15, 0.2) is 0 Å². The Bertz CT molecular complexity index is 4170. The van der Waals surface area contributed by atoms with Gasteiger partial charge < -0.3 is 9.32 Å². The Morgan fingerprint density at radius 1 is 0.407 bits per heavy atom. The van der Waals surface area contributed by atoms with E-state index >= 15 is 0 Å². The molecule has 0 spiro atoms. The van der Waals surface area contributed by atoms with Gasteiger partial charge in [-0.15, -0.1) is 0 Å². The highest BCUT2D eigenvalue weighted by atomic mass is 16.3. The number of hydrogen-bond acceptors (Lipinski definition) is 2. The Morgan fingerprint density at radius 2 is 0.983 bits per heavy atom. The third-order valence-electron chi connectivity index (χ3n) is 11.9. The lowest BCUT2D eigenvalue weighted by Gasteiger charge is -2.28. The molecular formula is C57H39NO. The molecule has 1 aliphatic carbocycles. The van der Waals surface area contributed by atoms with E-state index in [1.165, 1.54) is 16.7 Å². The molecule has 10 aromatic carbocycles. The molecular weight excluding hydrogens is 715 g/mol. The fourth-order valence-corrected chi connectivity index (χ4v) is 9.13. The van der Waals surface area contributed by atoms with E-state index < -0.39 is 78.6 Å². The predicted octanol–water partition coefficient (Wildman–Crippen LogP) is 16.2. The van der Waals surface area contributed by atoms with Gasteiger partial charge >= 0.3 is 0 Å². The Hall–Kier alpha value is -7.42. The Morgan fingerprint density at radius 3 is 1.75 bits per heavy atom. The molecule has 11 aromatic rings. The molecule has 1 aliphatic rings. The molecule has 1 aromatic heterocycles. The van der Waals surface area contributed by atoms with Gasteiger partial charge in [-0.3, -0.25) is 0 Å². The first-order valence-corrected chi connectivity index (χ1v) is 19.4. The van der Waals surface area contributed by atoms with Crippen molar-refractivity contribution >= 4 is 71.3 Å². The minimum Gasteiger partial charge on any atom is -0.456 e.